The summed E-state index contributed by atoms with van der Waals surface area (Å²) in [6.07, 6.45) is 1.75. The molecule has 28 heavy (non-hydrogen) atoms. The van der Waals surface area contributed by atoms with Crippen LogP contribution in [-0.2, 0) is 9.59 Å². The highest BCUT2D eigenvalue weighted by Gasteiger charge is 2.29. The Hall–Kier alpha value is -2.41. The number of rotatable bonds is 5. The van der Waals surface area contributed by atoms with Crippen LogP contribution < -0.4 is 9.64 Å². The molecule has 1 atom stereocenters. The third kappa shape index (κ3) is 4.19. The summed E-state index contributed by atoms with van der Waals surface area (Å²) in [5.74, 6) is 0.342. The second-order valence-corrected chi connectivity index (χ2v) is 7.80. The summed E-state index contributed by atoms with van der Waals surface area (Å²) in [5.41, 5.74) is 1.08. The lowest BCUT2D eigenvalue weighted by atomic mass is 10.0. The molecule has 0 radical (unpaired) electrons. The molecule has 0 bridgehead atoms. The quantitative estimate of drug-likeness (QED) is 0.722. The molecular weight excluding hydrogens is 358 g/mol. The van der Waals surface area contributed by atoms with E-state index in [0.29, 0.717) is 17.0 Å². The first kappa shape index (κ1) is 20.3. The Morgan fingerprint density at radius 3 is 2.54 bits per heavy atom. The smallest absolute Gasteiger partial charge is 0.267 e. The lowest BCUT2D eigenvalue weighted by Crippen LogP contribution is -2.44. The zero-order valence-corrected chi connectivity index (χ0v) is 17.1. The monoisotopic (exact) mass is 387 g/mol. The average Bonchev–Trinajstić information content (AvgIpc) is 2.70. The van der Waals surface area contributed by atoms with Crippen LogP contribution in [0.15, 0.2) is 18.2 Å². The van der Waals surface area contributed by atoms with Gasteiger partial charge in [-0.05, 0) is 58.1 Å². The highest BCUT2D eigenvalue weighted by molar-refractivity contribution is 6.03. The van der Waals surface area contributed by atoms with Crippen molar-refractivity contribution >= 4 is 23.3 Å². The van der Waals surface area contributed by atoms with Crippen molar-refractivity contribution in [2.75, 3.05) is 39.1 Å². The van der Waals surface area contributed by atoms with Gasteiger partial charge >= 0.3 is 0 Å². The molecule has 2 aliphatic rings. The van der Waals surface area contributed by atoms with Crippen molar-refractivity contribution in [1.82, 2.24) is 9.80 Å². The van der Waals surface area contributed by atoms with Crippen LogP contribution in [0.5, 0.6) is 5.75 Å². The van der Waals surface area contributed by atoms with Gasteiger partial charge in [-0.1, -0.05) is 0 Å². The van der Waals surface area contributed by atoms with Gasteiger partial charge < -0.3 is 19.4 Å². The van der Waals surface area contributed by atoms with Gasteiger partial charge in [0.15, 0.2) is 11.9 Å². The van der Waals surface area contributed by atoms with E-state index in [2.05, 4.69) is 11.9 Å². The third-order valence-corrected chi connectivity index (χ3v) is 5.82. The maximum absolute atomic E-state index is 12.6. The van der Waals surface area contributed by atoms with E-state index < -0.39 is 6.10 Å². The van der Waals surface area contributed by atoms with Gasteiger partial charge in [-0.15, -0.1) is 0 Å². The molecule has 3 rings (SSSR count). The van der Waals surface area contributed by atoms with E-state index in [0.717, 1.165) is 25.9 Å². The molecule has 1 aromatic carbocycles. The number of fused-ring (bicyclic) bond motifs is 1. The molecule has 0 aromatic heterocycles. The number of Topliss-reactive ketones (excluding diaryl/α,β-unsaturated/α-hetero) is 1. The van der Waals surface area contributed by atoms with Crippen LogP contribution in [0.3, 0.4) is 0 Å². The minimum atomic E-state index is -0.535. The van der Waals surface area contributed by atoms with Gasteiger partial charge in [-0.25, -0.2) is 0 Å². The summed E-state index contributed by atoms with van der Waals surface area (Å²) >= 11 is 0. The van der Waals surface area contributed by atoms with E-state index in [1.165, 1.54) is 4.90 Å². The van der Waals surface area contributed by atoms with Crippen molar-refractivity contribution in [3.05, 3.63) is 23.8 Å². The Kier molecular flexibility index (Phi) is 6.03. The molecule has 0 spiro atoms. The van der Waals surface area contributed by atoms with Crippen LogP contribution in [0.2, 0.25) is 0 Å². The fourth-order valence-electron chi connectivity index (χ4n) is 3.81. The van der Waals surface area contributed by atoms with Crippen LogP contribution in [0.4, 0.5) is 5.69 Å². The van der Waals surface area contributed by atoms with Crippen molar-refractivity contribution in [3.63, 3.8) is 0 Å². The number of ketones is 1. The molecule has 1 saturated heterocycles. The van der Waals surface area contributed by atoms with Gasteiger partial charge in [0.1, 0.15) is 5.75 Å². The van der Waals surface area contributed by atoms with Crippen LogP contribution in [0, 0.1) is 0 Å². The van der Waals surface area contributed by atoms with Crippen molar-refractivity contribution < 1.29 is 19.1 Å². The molecule has 1 unspecified atom stereocenters. The number of hydrogen-bond acceptors (Lipinski definition) is 5. The van der Waals surface area contributed by atoms with Crippen LogP contribution in [0.1, 0.15) is 43.0 Å². The van der Waals surface area contributed by atoms with E-state index in [1.807, 2.05) is 7.05 Å². The molecule has 7 nitrogen and oxygen atoms in total. The predicted molar refractivity (Wildman–Crippen MR) is 107 cm³/mol. The predicted octanol–water partition coefficient (Wildman–Crippen LogP) is 1.95. The number of nitrogens with zero attached hydrogens (tertiary/aromatic N) is 3. The number of likely N-dealkylation sites (tertiary alicyclic amines) is 1. The molecule has 0 N–H and O–H groups in total. The summed E-state index contributed by atoms with van der Waals surface area (Å²) in [7, 11) is 5.60. The first-order valence-electron chi connectivity index (χ1n) is 9.83. The third-order valence-electron chi connectivity index (χ3n) is 5.82. The standard InChI is InChI=1S/C21H29N3O4/c1-14-21(27)24(4)17-13-15(5-7-19(17)28-14)18(25)6-8-20(26)23(3)16-9-11-22(2)12-10-16/h5,7,13-14,16H,6,8-12H2,1-4H3. The van der Waals surface area contributed by atoms with Crippen LogP contribution in [0.25, 0.3) is 0 Å². The van der Waals surface area contributed by atoms with Crippen molar-refractivity contribution in [3.8, 4) is 5.75 Å². The zero-order chi connectivity index (χ0) is 20.4. The number of amides is 2. The Morgan fingerprint density at radius 1 is 1.18 bits per heavy atom. The SMILES string of the molecule is CC1Oc2ccc(C(=O)CCC(=O)N(C)C3CCN(C)CC3)cc2N(C)C1=O. The number of anilines is 1. The number of carbonyl (C=O) groups excluding carboxylic acids is 3. The summed E-state index contributed by atoms with van der Waals surface area (Å²) in [5, 5.41) is 0. The summed E-state index contributed by atoms with van der Waals surface area (Å²) < 4.78 is 5.59. The lowest BCUT2D eigenvalue weighted by Gasteiger charge is -2.35. The maximum Gasteiger partial charge on any atom is 0.267 e. The van der Waals surface area contributed by atoms with E-state index in [1.54, 1.807) is 37.1 Å². The van der Waals surface area contributed by atoms with Gasteiger partial charge in [-0.2, -0.15) is 0 Å². The topological polar surface area (TPSA) is 70.2 Å². The van der Waals surface area contributed by atoms with Gasteiger partial charge in [0, 0.05) is 38.5 Å². The van der Waals surface area contributed by atoms with E-state index in [4.69, 9.17) is 4.74 Å². The van der Waals surface area contributed by atoms with Gasteiger partial charge in [0.05, 0.1) is 5.69 Å². The second-order valence-electron chi connectivity index (χ2n) is 7.80. The van der Waals surface area contributed by atoms with Gasteiger partial charge in [-0.3, -0.25) is 14.4 Å². The minimum Gasteiger partial charge on any atom is -0.479 e. The Balaban J connectivity index is 1.59. The Bertz CT molecular complexity index is 771. The average molecular weight is 387 g/mol. The molecule has 7 heteroatoms. The molecule has 1 fully saturated rings. The maximum atomic E-state index is 12.6. The van der Waals surface area contributed by atoms with E-state index >= 15 is 0 Å². The molecule has 2 heterocycles. The molecule has 0 saturated carbocycles. The normalized spacial score (nSPS) is 20.5. The number of likely N-dealkylation sites (N-methyl/N-ethyl adjacent to an activating group) is 1. The molecule has 0 aliphatic carbocycles. The summed E-state index contributed by atoms with van der Waals surface area (Å²) in [4.78, 5) is 42.8. The number of hydrogen-bond donors (Lipinski definition) is 0. The highest BCUT2D eigenvalue weighted by atomic mass is 16.5. The Morgan fingerprint density at radius 2 is 1.86 bits per heavy atom. The first-order chi connectivity index (χ1) is 13.3. The second kappa shape index (κ2) is 8.31. The number of ether oxygens (including phenoxy) is 1. The zero-order valence-electron chi connectivity index (χ0n) is 17.1. The molecular formula is C21H29N3O4. The van der Waals surface area contributed by atoms with Crippen LogP contribution >= 0.6 is 0 Å². The highest BCUT2D eigenvalue weighted by Crippen LogP contribution is 2.34. The largest absolute Gasteiger partial charge is 0.479 e. The fraction of sp³-hybridized carbons (Fsp3) is 0.571. The minimum absolute atomic E-state index is 0.00492. The number of carbonyl (C=O) groups is 3. The summed E-state index contributed by atoms with van der Waals surface area (Å²) in [6.45, 7) is 3.68. The van der Waals surface area contributed by atoms with Crippen LogP contribution in [-0.4, -0.2) is 73.8 Å². The molecule has 152 valence electrons. The summed E-state index contributed by atoms with van der Waals surface area (Å²) in [6, 6.07) is 5.34. The van der Waals surface area contributed by atoms with E-state index in [9.17, 15) is 14.4 Å². The number of benzene rings is 1. The Labute approximate surface area is 166 Å². The van der Waals surface area contributed by atoms with Crippen molar-refractivity contribution in [2.24, 2.45) is 0 Å². The van der Waals surface area contributed by atoms with Crippen molar-refractivity contribution in [2.45, 2.75) is 44.8 Å². The fourth-order valence-corrected chi connectivity index (χ4v) is 3.81. The molecule has 1 aromatic rings. The lowest BCUT2D eigenvalue weighted by molar-refractivity contribution is -0.132. The van der Waals surface area contributed by atoms with Gasteiger partial charge in [0.25, 0.3) is 5.91 Å². The van der Waals surface area contributed by atoms with Gasteiger partial charge in [0.2, 0.25) is 5.91 Å². The first-order valence-corrected chi connectivity index (χ1v) is 9.83. The molecule has 2 amide bonds. The number of piperidine rings is 1. The van der Waals surface area contributed by atoms with Crippen molar-refractivity contribution in [1.29, 1.82) is 0 Å². The molecule has 2 aliphatic heterocycles. The van der Waals surface area contributed by atoms with E-state index in [-0.39, 0.29) is 36.5 Å².